The Labute approximate surface area is 186 Å². The molecule has 1 aliphatic rings. The molecule has 1 N–H and O–H groups in total. The number of aliphatic carboxylic acids is 1. The van der Waals surface area contributed by atoms with Crippen molar-refractivity contribution in [3.05, 3.63) is 63.3 Å². The molecule has 0 radical (unpaired) electrons. The van der Waals surface area contributed by atoms with Crippen LogP contribution in [0, 0.1) is 5.82 Å². The van der Waals surface area contributed by atoms with Crippen LogP contribution >= 0.6 is 35.6 Å². The van der Waals surface area contributed by atoms with E-state index in [1.807, 2.05) is 0 Å². The number of carboxylic acid groups (broad SMARTS) is 1. The number of nitrogens with zero attached hydrogens (tertiary/aromatic N) is 1. The number of carbonyl (C=O) groups excluding carboxylic acids is 1. The van der Waals surface area contributed by atoms with Gasteiger partial charge in [0.25, 0.3) is 5.91 Å². The van der Waals surface area contributed by atoms with Crippen molar-refractivity contribution < 1.29 is 28.6 Å². The van der Waals surface area contributed by atoms with Crippen molar-refractivity contribution in [1.82, 2.24) is 4.90 Å². The van der Waals surface area contributed by atoms with E-state index in [4.69, 9.17) is 38.4 Å². The Morgan fingerprint density at radius 2 is 2.10 bits per heavy atom. The second-order valence-electron chi connectivity index (χ2n) is 6.06. The number of rotatable bonds is 7. The van der Waals surface area contributed by atoms with Crippen molar-refractivity contribution in [2.24, 2.45) is 0 Å². The normalized spacial score (nSPS) is 15.0. The predicted octanol–water partition coefficient (Wildman–Crippen LogP) is 4.35. The Hall–Kier alpha value is -2.62. The fourth-order valence-electron chi connectivity index (χ4n) is 2.64. The van der Waals surface area contributed by atoms with Gasteiger partial charge in [-0.3, -0.25) is 14.5 Å². The molecule has 0 aromatic heterocycles. The quantitative estimate of drug-likeness (QED) is 0.479. The summed E-state index contributed by atoms with van der Waals surface area (Å²) in [5, 5.41) is 9.17. The number of hydrogen-bond acceptors (Lipinski definition) is 6. The predicted molar refractivity (Wildman–Crippen MR) is 116 cm³/mol. The molecule has 30 heavy (non-hydrogen) atoms. The minimum absolute atomic E-state index is 0.119. The summed E-state index contributed by atoms with van der Waals surface area (Å²) in [4.78, 5) is 24.6. The van der Waals surface area contributed by atoms with Crippen molar-refractivity contribution in [2.75, 3.05) is 13.7 Å². The molecule has 0 bridgehead atoms. The largest absolute Gasteiger partial charge is 0.493 e. The van der Waals surface area contributed by atoms with E-state index in [0.717, 1.165) is 16.7 Å². The topological polar surface area (TPSA) is 76.1 Å². The molecule has 0 unspecified atom stereocenters. The van der Waals surface area contributed by atoms with Gasteiger partial charge in [-0.05, 0) is 35.9 Å². The first-order chi connectivity index (χ1) is 14.3. The van der Waals surface area contributed by atoms with Crippen LogP contribution in [0.4, 0.5) is 4.39 Å². The monoisotopic (exact) mass is 467 g/mol. The fraction of sp³-hybridized carbons (Fsp3) is 0.150. The number of thioether (sulfide) groups is 1. The zero-order valence-corrected chi connectivity index (χ0v) is 17.9. The number of hydrogen-bond donors (Lipinski definition) is 1. The first kappa shape index (κ1) is 22.1. The van der Waals surface area contributed by atoms with Crippen LogP contribution in [0.3, 0.4) is 0 Å². The molecule has 10 heteroatoms. The molecule has 2 aromatic rings. The van der Waals surface area contributed by atoms with Crippen LogP contribution in [0.1, 0.15) is 11.1 Å². The highest BCUT2D eigenvalue weighted by Crippen LogP contribution is 2.35. The zero-order valence-electron chi connectivity index (χ0n) is 15.6. The van der Waals surface area contributed by atoms with E-state index >= 15 is 0 Å². The van der Waals surface area contributed by atoms with Crippen LogP contribution in [0.2, 0.25) is 5.02 Å². The molecule has 1 amide bonds. The second kappa shape index (κ2) is 9.46. The first-order valence-corrected chi connectivity index (χ1v) is 10.1. The van der Waals surface area contributed by atoms with Crippen molar-refractivity contribution in [3.8, 4) is 11.5 Å². The summed E-state index contributed by atoms with van der Waals surface area (Å²) in [6.07, 6.45) is 1.57. The smallest absolute Gasteiger partial charge is 0.323 e. The van der Waals surface area contributed by atoms with Crippen molar-refractivity contribution in [1.29, 1.82) is 0 Å². The van der Waals surface area contributed by atoms with E-state index in [1.165, 1.54) is 19.2 Å². The molecule has 1 heterocycles. The van der Waals surface area contributed by atoms with Crippen LogP contribution in [-0.2, 0) is 16.2 Å². The summed E-state index contributed by atoms with van der Waals surface area (Å²) in [7, 11) is 1.47. The third-order valence-corrected chi connectivity index (χ3v) is 5.82. The molecular formula is C20H15ClFNO5S2. The summed E-state index contributed by atoms with van der Waals surface area (Å²) in [6, 6.07) is 9.32. The molecule has 3 rings (SSSR count). The Morgan fingerprint density at radius 3 is 2.77 bits per heavy atom. The number of methoxy groups -OCH3 is 1. The Morgan fingerprint density at radius 1 is 1.33 bits per heavy atom. The summed E-state index contributed by atoms with van der Waals surface area (Å²) >= 11 is 12.1. The maximum atomic E-state index is 14.0. The molecule has 0 spiro atoms. The fourth-order valence-corrected chi connectivity index (χ4v) is 4.11. The van der Waals surface area contributed by atoms with Gasteiger partial charge in [0.1, 0.15) is 23.3 Å². The maximum absolute atomic E-state index is 14.0. The third-order valence-electron chi connectivity index (χ3n) is 4.09. The van der Waals surface area contributed by atoms with Gasteiger partial charge < -0.3 is 14.6 Å². The van der Waals surface area contributed by atoms with Crippen molar-refractivity contribution >= 4 is 57.9 Å². The molecule has 6 nitrogen and oxygen atoms in total. The van der Waals surface area contributed by atoms with Gasteiger partial charge >= 0.3 is 5.97 Å². The number of carboxylic acids is 1. The highest BCUT2D eigenvalue weighted by Gasteiger charge is 2.33. The maximum Gasteiger partial charge on any atom is 0.323 e. The molecule has 1 aliphatic heterocycles. The second-order valence-corrected chi connectivity index (χ2v) is 8.14. The Bertz CT molecular complexity index is 1040. The summed E-state index contributed by atoms with van der Waals surface area (Å²) in [5.41, 5.74) is 0.808. The highest BCUT2D eigenvalue weighted by molar-refractivity contribution is 8.26. The Balaban J connectivity index is 1.84. The number of benzene rings is 2. The van der Waals surface area contributed by atoms with E-state index in [1.54, 1.807) is 30.3 Å². The molecule has 0 atom stereocenters. The van der Waals surface area contributed by atoms with E-state index < -0.39 is 24.2 Å². The van der Waals surface area contributed by atoms with Gasteiger partial charge in [0.05, 0.1) is 17.0 Å². The van der Waals surface area contributed by atoms with E-state index in [-0.39, 0.29) is 26.4 Å². The lowest BCUT2D eigenvalue weighted by Gasteiger charge is -2.13. The van der Waals surface area contributed by atoms with E-state index in [9.17, 15) is 14.0 Å². The van der Waals surface area contributed by atoms with Gasteiger partial charge in [0, 0.05) is 5.56 Å². The van der Waals surface area contributed by atoms with Gasteiger partial charge in [-0.2, -0.15) is 0 Å². The first-order valence-electron chi connectivity index (χ1n) is 8.51. The van der Waals surface area contributed by atoms with Gasteiger partial charge in [-0.25, -0.2) is 4.39 Å². The van der Waals surface area contributed by atoms with Gasteiger partial charge in [0.15, 0.2) is 11.5 Å². The molecule has 156 valence electrons. The van der Waals surface area contributed by atoms with Crippen molar-refractivity contribution in [3.63, 3.8) is 0 Å². The highest BCUT2D eigenvalue weighted by atomic mass is 35.5. The van der Waals surface area contributed by atoms with Crippen LogP contribution in [0.25, 0.3) is 6.08 Å². The van der Waals surface area contributed by atoms with Gasteiger partial charge in [-0.15, -0.1) is 0 Å². The SMILES string of the molecule is COc1ccc(/C=C2\SC(=S)N(CC(=O)O)C2=O)cc1OCc1c(F)cccc1Cl. The van der Waals surface area contributed by atoms with Gasteiger partial charge in [0.2, 0.25) is 0 Å². The number of carbonyl (C=O) groups is 2. The minimum Gasteiger partial charge on any atom is -0.493 e. The average molecular weight is 468 g/mol. The zero-order chi connectivity index (χ0) is 21.8. The van der Waals surface area contributed by atoms with E-state index in [2.05, 4.69) is 0 Å². The van der Waals surface area contributed by atoms with Gasteiger partial charge in [-0.1, -0.05) is 47.7 Å². The molecule has 2 aromatic carbocycles. The summed E-state index contributed by atoms with van der Waals surface area (Å²) in [6.45, 7) is -0.617. The number of thiocarbonyl (C=S) groups is 1. The summed E-state index contributed by atoms with van der Waals surface area (Å²) in [5.74, 6) is -1.38. The van der Waals surface area contributed by atoms with Crippen LogP contribution < -0.4 is 9.47 Å². The minimum atomic E-state index is -1.15. The molecule has 1 fully saturated rings. The molecule has 0 saturated carbocycles. The number of halogens is 2. The number of amides is 1. The Kier molecular flexibility index (Phi) is 6.96. The third kappa shape index (κ3) is 4.92. The lowest BCUT2D eigenvalue weighted by molar-refractivity contribution is -0.140. The van der Waals surface area contributed by atoms with Crippen LogP contribution in [0.15, 0.2) is 41.3 Å². The average Bonchev–Trinajstić information content (AvgIpc) is 2.95. The molecule has 0 aliphatic carbocycles. The number of ether oxygens (including phenoxy) is 2. The van der Waals surface area contributed by atoms with Crippen molar-refractivity contribution in [2.45, 2.75) is 6.61 Å². The molecule has 1 saturated heterocycles. The van der Waals surface area contributed by atoms with Crippen LogP contribution in [-0.4, -0.2) is 39.9 Å². The summed E-state index contributed by atoms with van der Waals surface area (Å²) < 4.78 is 25.2. The molecular weight excluding hydrogens is 453 g/mol. The lowest BCUT2D eigenvalue weighted by atomic mass is 10.1. The van der Waals surface area contributed by atoms with E-state index in [0.29, 0.717) is 17.1 Å². The lowest BCUT2D eigenvalue weighted by Crippen LogP contribution is -2.33. The van der Waals surface area contributed by atoms with Crippen LogP contribution in [0.5, 0.6) is 11.5 Å². The standard InChI is InChI=1S/C20H15ClFNO5S2/c1-27-15-6-5-11(8-17-19(26)23(9-18(24)25)20(29)30-17)7-16(15)28-10-12-13(21)3-2-4-14(12)22/h2-8H,9-10H2,1H3,(H,24,25)/b17-8-.